The number of fused-ring (bicyclic) bond motifs is 1. The molecule has 0 aliphatic carbocycles. The molecule has 2 N–H and O–H groups in total. The van der Waals surface area contributed by atoms with Gasteiger partial charge in [0.1, 0.15) is 23.5 Å². The molecule has 4 aromatic rings. The summed E-state index contributed by atoms with van der Waals surface area (Å²) in [5.41, 5.74) is -2.76. The fourth-order valence-electron chi connectivity index (χ4n) is 5.86. The first-order valence-corrected chi connectivity index (χ1v) is 14.4. The Balaban J connectivity index is 1.45. The standard InChI is InChI=1S/C31H28F7N5O5/c1-15-10-18(42-8-9-48-14-23(42)31(36,37)38)11-21(32)24(15)27(44)40-22(29(46)47)12-17-4-5-19(26-39-6-7-43(17)26)25-16(2)20(30(33,34)35)13-41(3)28(25)45/h4-7,10-11,13,22-23H,8-9,12,14H2,1-3H3,(H,40,44)(H,46,47)/t22-,23+/m0/s1. The molecule has 0 radical (unpaired) electrons. The number of anilines is 1. The third-order valence-corrected chi connectivity index (χ3v) is 8.20. The molecule has 1 fully saturated rings. The van der Waals surface area contributed by atoms with Crippen molar-refractivity contribution in [3.63, 3.8) is 0 Å². The molecule has 1 aliphatic rings. The Labute approximate surface area is 267 Å². The van der Waals surface area contributed by atoms with Crippen molar-refractivity contribution in [1.82, 2.24) is 19.3 Å². The molecule has 48 heavy (non-hydrogen) atoms. The van der Waals surface area contributed by atoms with Crippen LogP contribution in [0.1, 0.15) is 32.7 Å². The third-order valence-electron chi connectivity index (χ3n) is 8.20. The number of aromatic nitrogens is 3. The van der Waals surface area contributed by atoms with Gasteiger partial charge in [0, 0.05) is 55.5 Å². The van der Waals surface area contributed by atoms with E-state index < -0.39 is 71.8 Å². The van der Waals surface area contributed by atoms with Crippen molar-refractivity contribution < 1.29 is 50.2 Å². The predicted octanol–water partition coefficient (Wildman–Crippen LogP) is 4.67. The molecule has 10 nitrogen and oxygen atoms in total. The lowest BCUT2D eigenvalue weighted by atomic mass is 9.98. The van der Waals surface area contributed by atoms with E-state index in [0.717, 1.165) is 22.5 Å². The number of aryl methyl sites for hydroxylation is 2. The van der Waals surface area contributed by atoms with Gasteiger partial charge in [0.25, 0.3) is 11.5 Å². The maximum Gasteiger partial charge on any atom is 0.418 e. The monoisotopic (exact) mass is 683 g/mol. The SMILES string of the molecule is Cc1cc(N2CCOC[C@@H]2C(F)(F)F)cc(F)c1C(=O)N[C@@H](Cc1ccc(-c2c(C)c(C(F)(F)F)cn(C)c2=O)c2nccn12)C(=O)O. The van der Waals surface area contributed by atoms with Gasteiger partial charge in [-0.1, -0.05) is 0 Å². The molecule has 1 aromatic carbocycles. The highest BCUT2D eigenvalue weighted by Gasteiger charge is 2.46. The van der Waals surface area contributed by atoms with Crippen molar-refractivity contribution in [2.24, 2.45) is 7.05 Å². The first-order valence-electron chi connectivity index (χ1n) is 14.4. The summed E-state index contributed by atoms with van der Waals surface area (Å²) in [6, 6.07) is 0.967. The third kappa shape index (κ3) is 6.46. The van der Waals surface area contributed by atoms with E-state index in [4.69, 9.17) is 4.74 Å². The van der Waals surface area contributed by atoms with Gasteiger partial charge in [0.05, 0.1) is 29.9 Å². The highest BCUT2D eigenvalue weighted by molar-refractivity contribution is 5.98. The van der Waals surface area contributed by atoms with Crippen molar-refractivity contribution in [2.75, 3.05) is 24.7 Å². The van der Waals surface area contributed by atoms with Gasteiger partial charge in [-0.3, -0.25) is 9.59 Å². The number of alkyl halides is 6. The molecule has 2 atom stereocenters. The minimum Gasteiger partial charge on any atom is -0.480 e. The molecule has 0 saturated carbocycles. The van der Waals surface area contributed by atoms with Crippen molar-refractivity contribution in [3.8, 4) is 11.1 Å². The van der Waals surface area contributed by atoms with E-state index in [1.807, 2.05) is 0 Å². The number of benzene rings is 1. The number of carboxylic acid groups (broad SMARTS) is 1. The summed E-state index contributed by atoms with van der Waals surface area (Å²) < 4.78 is 104. The number of hydrogen-bond donors (Lipinski definition) is 2. The summed E-state index contributed by atoms with van der Waals surface area (Å²) in [7, 11) is 1.18. The fraction of sp³-hybridized carbons (Fsp3) is 0.355. The van der Waals surface area contributed by atoms with Crippen LogP contribution in [0.2, 0.25) is 0 Å². The average molecular weight is 684 g/mol. The Morgan fingerprint density at radius 3 is 2.48 bits per heavy atom. The average Bonchev–Trinajstić information content (AvgIpc) is 3.49. The van der Waals surface area contributed by atoms with Gasteiger partial charge in [-0.2, -0.15) is 26.3 Å². The van der Waals surface area contributed by atoms with Crippen LogP contribution in [0, 0.1) is 19.7 Å². The van der Waals surface area contributed by atoms with Crippen LogP contribution in [0.25, 0.3) is 16.8 Å². The zero-order chi connectivity index (χ0) is 35.3. The van der Waals surface area contributed by atoms with Gasteiger partial charge in [0.2, 0.25) is 0 Å². The normalized spacial score (nSPS) is 16.3. The van der Waals surface area contributed by atoms with Gasteiger partial charge < -0.3 is 29.0 Å². The Morgan fingerprint density at radius 1 is 1.15 bits per heavy atom. The fourth-order valence-corrected chi connectivity index (χ4v) is 5.86. The first kappa shape index (κ1) is 34.4. The first-order chi connectivity index (χ1) is 22.4. The van der Waals surface area contributed by atoms with Crippen molar-refractivity contribution in [1.29, 1.82) is 0 Å². The number of imidazole rings is 1. The lowest BCUT2D eigenvalue weighted by Crippen LogP contribution is -2.53. The van der Waals surface area contributed by atoms with E-state index in [1.54, 1.807) is 0 Å². The number of halogens is 7. The van der Waals surface area contributed by atoms with Crippen LogP contribution in [0.5, 0.6) is 0 Å². The summed E-state index contributed by atoms with van der Waals surface area (Å²) in [5, 5.41) is 12.2. The number of amides is 1. The number of aliphatic carboxylic acids is 1. The second-order valence-electron chi connectivity index (χ2n) is 11.3. The molecule has 1 aliphatic heterocycles. The largest absolute Gasteiger partial charge is 0.480 e. The molecule has 17 heteroatoms. The molecular formula is C31H28F7N5O5. The summed E-state index contributed by atoms with van der Waals surface area (Å²) in [4.78, 5) is 43.6. The molecule has 3 aromatic heterocycles. The lowest BCUT2D eigenvalue weighted by Gasteiger charge is -2.38. The van der Waals surface area contributed by atoms with Crippen LogP contribution in [0.3, 0.4) is 0 Å². The van der Waals surface area contributed by atoms with Crippen molar-refractivity contribution in [3.05, 3.63) is 87.0 Å². The van der Waals surface area contributed by atoms with Crippen molar-refractivity contribution >= 4 is 23.2 Å². The smallest absolute Gasteiger partial charge is 0.418 e. The second kappa shape index (κ2) is 12.6. The quantitative estimate of drug-likeness (QED) is 0.272. The maximum absolute atomic E-state index is 15.3. The summed E-state index contributed by atoms with van der Waals surface area (Å²) >= 11 is 0. The van der Waals surface area contributed by atoms with Gasteiger partial charge in [0.15, 0.2) is 0 Å². The van der Waals surface area contributed by atoms with E-state index >= 15 is 4.39 Å². The highest BCUT2D eigenvalue weighted by atomic mass is 19.4. The Bertz CT molecular complexity index is 1940. The molecule has 0 bridgehead atoms. The van der Waals surface area contributed by atoms with E-state index in [0.29, 0.717) is 6.20 Å². The number of hydrogen-bond acceptors (Lipinski definition) is 6. The van der Waals surface area contributed by atoms with Gasteiger partial charge >= 0.3 is 18.3 Å². The van der Waals surface area contributed by atoms with Gasteiger partial charge in [-0.05, 0) is 49.2 Å². The molecule has 0 unspecified atom stereocenters. The second-order valence-corrected chi connectivity index (χ2v) is 11.3. The lowest BCUT2D eigenvalue weighted by molar-refractivity contribution is -0.167. The zero-order valence-electron chi connectivity index (χ0n) is 25.5. The van der Waals surface area contributed by atoms with Crippen LogP contribution in [-0.4, -0.2) is 69.0 Å². The van der Waals surface area contributed by atoms with E-state index in [9.17, 15) is 45.8 Å². The van der Waals surface area contributed by atoms with E-state index in [1.165, 1.54) is 49.0 Å². The maximum atomic E-state index is 15.3. The predicted molar refractivity (Wildman–Crippen MR) is 157 cm³/mol. The van der Waals surface area contributed by atoms with Crippen molar-refractivity contribution in [2.45, 2.75) is 44.7 Å². The minimum absolute atomic E-state index is 0.0306. The topological polar surface area (TPSA) is 118 Å². The number of ether oxygens (including phenoxy) is 1. The van der Waals surface area contributed by atoms with E-state index in [-0.39, 0.29) is 52.4 Å². The number of rotatable bonds is 7. The molecule has 4 heterocycles. The number of pyridine rings is 2. The molecule has 256 valence electrons. The van der Waals surface area contributed by atoms with Crippen LogP contribution in [0.4, 0.5) is 36.4 Å². The molecule has 1 amide bonds. The Morgan fingerprint density at radius 2 is 1.85 bits per heavy atom. The number of morpholine rings is 1. The summed E-state index contributed by atoms with van der Waals surface area (Å²) in [5.74, 6) is -3.82. The Kier molecular flexibility index (Phi) is 9.03. The molecule has 1 saturated heterocycles. The van der Waals surface area contributed by atoms with Crippen LogP contribution in [-0.2, 0) is 29.2 Å². The number of nitrogens with zero attached hydrogens (tertiary/aromatic N) is 4. The minimum atomic E-state index is -4.75. The van der Waals surface area contributed by atoms with Gasteiger partial charge in [-0.25, -0.2) is 14.2 Å². The molecule has 0 spiro atoms. The molecular weight excluding hydrogens is 655 g/mol. The highest BCUT2D eigenvalue weighted by Crippen LogP contribution is 2.36. The number of carboxylic acids is 1. The molecule has 5 rings (SSSR count). The number of carbonyl (C=O) groups is 2. The Hall–Kier alpha value is -4.93. The number of carbonyl (C=O) groups excluding carboxylic acids is 1. The van der Waals surface area contributed by atoms with E-state index in [2.05, 4.69) is 10.3 Å². The van der Waals surface area contributed by atoms with Crippen LogP contribution >= 0.6 is 0 Å². The zero-order valence-corrected chi connectivity index (χ0v) is 25.5. The van der Waals surface area contributed by atoms with Crippen LogP contribution < -0.4 is 15.8 Å². The summed E-state index contributed by atoms with van der Waals surface area (Å²) in [6.45, 7) is 1.59. The van der Waals surface area contributed by atoms with Gasteiger partial charge in [-0.15, -0.1) is 0 Å². The summed E-state index contributed by atoms with van der Waals surface area (Å²) in [6.07, 6.45) is -6.45. The van der Waals surface area contributed by atoms with Crippen LogP contribution in [0.15, 0.2) is 47.7 Å². The number of nitrogens with one attached hydrogen (secondary N) is 1.